The smallest absolute Gasteiger partial charge is 0.305 e. The molecular formula is C12H16O3S. The van der Waals surface area contributed by atoms with E-state index in [1.54, 1.807) is 6.92 Å². The summed E-state index contributed by atoms with van der Waals surface area (Å²) in [4.78, 5) is 23.6. The number of ketones is 1. The highest BCUT2D eigenvalue weighted by Gasteiger charge is 2.11. The highest BCUT2D eigenvalue weighted by atomic mass is 32.1. The Labute approximate surface area is 99.4 Å². The first kappa shape index (κ1) is 12.9. The van der Waals surface area contributed by atoms with E-state index in [4.69, 9.17) is 4.74 Å². The lowest BCUT2D eigenvalue weighted by Gasteiger charge is -2.01. The number of thiophene rings is 1. The minimum atomic E-state index is -0.224. The van der Waals surface area contributed by atoms with Crippen molar-refractivity contribution in [3.8, 4) is 0 Å². The first-order valence-corrected chi connectivity index (χ1v) is 6.26. The number of carbonyl (C=O) groups is 2. The highest BCUT2D eigenvalue weighted by molar-refractivity contribution is 7.12. The highest BCUT2D eigenvalue weighted by Crippen LogP contribution is 2.18. The van der Waals surface area contributed by atoms with Gasteiger partial charge in [-0.2, -0.15) is 0 Å². The average Bonchev–Trinajstić information content (AvgIpc) is 2.64. The number of aryl methyl sites for hydroxylation is 1. The third-order valence-electron chi connectivity index (χ3n) is 2.21. The predicted octanol–water partition coefficient (Wildman–Crippen LogP) is 2.97. The molecule has 0 amide bonds. The number of hydrogen-bond acceptors (Lipinski definition) is 4. The molecule has 0 saturated heterocycles. The Morgan fingerprint density at radius 3 is 2.69 bits per heavy atom. The largest absolute Gasteiger partial charge is 0.466 e. The maximum Gasteiger partial charge on any atom is 0.305 e. The van der Waals surface area contributed by atoms with Crippen molar-refractivity contribution >= 4 is 23.1 Å². The van der Waals surface area contributed by atoms with Crippen molar-refractivity contribution in [2.24, 2.45) is 0 Å². The Bertz CT molecular complexity index is 368. The Hall–Kier alpha value is -1.16. The maximum absolute atomic E-state index is 11.7. The van der Waals surface area contributed by atoms with Gasteiger partial charge in [0.25, 0.3) is 0 Å². The fraction of sp³-hybridized carbons (Fsp3) is 0.500. The zero-order valence-corrected chi connectivity index (χ0v) is 10.4. The van der Waals surface area contributed by atoms with E-state index in [1.807, 2.05) is 18.4 Å². The van der Waals surface area contributed by atoms with Crippen molar-refractivity contribution in [3.63, 3.8) is 0 Å². The maximum atomic E-state index is 11.7. The molecule has 0 bridgehead atoms. The molecule has 0 aromatic carbocycles. The van der Waals surface area contributed by atoms with E-state index < -0.39 is 0 Å². The van der Waals surface area contributed by atoms with Crippen molar-refractivity contribution in [1.29, 1.82) is 0 Å². The molecule has 0 atom stereocenters. The second kappa shape index (κ2) is 6.43. The summed E-state index contributed by atoms with van der Waals surface area (Å²) in [6.07, 6.45) is 1.30. The second-order valence-corrected chi connectivity index (χ2v) is 4.43. The summed E-state index contributed by atoms with van der Waals surface area (Å²) in [5, 5.41) is 1.91. The Balaban J connectivity index is 2.31. The quantitative estimate of drug-likeness (QED) is 0.567. The summed E-state index contributed by atoms with van der Waals surface area (Å²) in [5.41, 5.74) is 1.02. The molecule has 1 rings (SSSR count). The van der Waals surface area contributed by atoms with Crippen molar-refractivity contribution in [1.82, 2.24) is 0 Å². The zero-order chi connectivity index (χ0) is 12.0. The topological polar surface area (TPSA) is 43.4 Å². The average molecular weight is 240 g/mol. The van der Waals surface area contributed by atoms with Crippen molar-refractivity contribution in [3.05, 3.63) is 21.9 Å². The van der Waals surface area contributed by atoms with Gasteiger partial charge in [-0.3, -0.25) is 9.59 Å². The monoisotopic (exact) mass is 240 g/mol. The van der Waals surface area contributed by atoms with Gasteiger partial charge in [-0.25, -0.2) is 0 Å². The van der Waals surface area contributed by atoms with Gasteiger partial charge < -0.3 is 4.74 Å². The van der Waals surface area contributed by atoms with Crippen LogP contribution in [0.3, 0.4) is 0 Å². The number of rotatable bonds is 6. The van der Waals surface area contributed by atoms with Crippen LogP contribution in [-0.2, 0) is 9.53 Å². The number of carbonyl (C=O) groups excluding carboxylic acids is 2. The summed E-state index contributed by atoms with van der Waals surface area (Å²) in [5.74, 6) is -0.102. The zero-order valence-electron chi connectivity index (χ0n) is 9.62. The lowest BCUT2D eigenvalue weighted by atomic mass is 10.1. The Morgan fingerprint density at radius 2 is 2.12 bits per heavy atom. The molecule has 0 N–H and O–H groups in total. The van der Waals surface area contributed by atoms with Gasteiger partial charge in [0.1, 0.15) is 0 Å². The van der Waals surface area contributed by atoms with Crippen LogP contribution in [0.4, 0.5) is 0 Å². The predicted molar refractivity (Wildman–Crippen MR) is 63.9 cm³/mol. The van der Waals surface area contributed by atoms with E-state index >= 15 is 0 Å². The summed E-state index contributed by atoms with van der Waals surface area (Å²) in [6, 6.07) is 1.93. The summed E-state index contributed by atoms with van der Waals surface area (Å²) < 4.78 is 4.79. The summed E-state index contributed by atoms with van der Waals surface area (Å²) in [6.45, 7) is 4.10. The molecule has 4 heteroatoms. The van der Waals surface area contributed by atoms with Gasteiger partial charge in [0, 0.05) is 12.8 Å². The van der Waals surface area contributed by atoms with Crippen LogP contribution in [0.2, 0.25) is 0 Å². The number of esters is 1. The van der Waals surface area contributed by atoms with Gasteiger partial charge in [0.15, 0.2) is 5.78 Å². The third kappa shape index (κ3) is 3.77. The minimum Gasteiger partial charge on any atom is -0.466 e. The summed E-state index contributed by atoms with van der Waals surface area (Å²) >= 11 is 1.46. The van der Waals surface area contributed by atoms with E-state index in [1.165, 1.54) is 11.3 Å². The molecule has 0 saturated carbocycles. The van der Waals surface area contributed by atoms with Crippen LogP contribution in [0.25, 0.3) is 0 Å². The Morgan fingerprint density at radius 1 is 1.38 bits per heavy atom. The van der Waals surface area contributed by atoms with Gasteiger partial charge >= 0.3 is 5.97 Å². The van der Waals surface area contributed by atoms with Gasteiger partial charge in [0.05, 0.1) is 11.5 Å². The lowest BCUT2D eigenvalue weighted by molar-refractivity contribution is -0.143. The van der Waals surface area contributed by atoms with E-state index in [2.05, 4.69) is 0 Å². The fourth-order valence-corrected chi connectivity index (χ4v) is 2.29. The van der Waals surface area contributed by atoms with Crippen LogP contribution in [0.5, 0.6) is 0 Å². The molecule has 0 unspecified atom stereocenters. The molecule has 16 heavy (non-hydrogen) atoms. The molecule has 0 aliphatic heterocycles. The molecule has 3 nitrogen and oxygen atoms in total. The van der Waals surface area contributed by atoms with Gasteiger partial charge in [-0.1, -0.05) is 0 Å². The first-order valence-electron chi connectivity index (χ1n) is 5.38. The van der Waals surface area contributed by atoms with Crippen LogP contribution in [0.15, 0.2) is 11.4 Å². The SMILES string of the molecule is CCOC(=O)CCCC(=O)c1sccc1C. The van der Waals surface area contributed by atoms with E-state index in [9.17, 15) is 9.59 Å². The number of ether oxygens (including phenoxy) is 1. The summed E-state index contributed by atoms with van der Waals surface area (Å²) in [7, 11) is 0. The van der Waals surface area contributed by atoms with Gasteiger partial charge in [-0.05, 0) is 37.3 Å². The van der Waals surface area contributed by atoms with Crippen molar-refractivity contribution in [2.45, 2.75) is 33.1 Å². The first-order chi connectivity index (χ1) is 7.65. The number of Topliss-reactive ketones (excluding diaryl/α,β-unsaturated/α-hetero) is 1. The molecule has 0 radical (unpaired) electrons. The second-order valence-electron chi connectivity index (χ2n) is 3.51. The fourth-order valence-electron chi connectivity index (χ4n) is 1.40. The number of hydrogen-bond donors (Lipinski definition) is 0. The Kier molecular flexibility index (Phi) is 5.19. The van der Waals surface area contributed by atoms with E-state index in [-0.39, 0.29) is 11.8 Å². The van der Waals surface area contributed by atoms with Gasteiger partial charge in [-0.15, -0.1) is 11.3 Å². The lowest BCUT2D eigenvalue weighted by Crippen LogP contribution is -2.05. The molecule has 88 valence electrons. The molecule has 0 aliphatic carbocycles. The van der Waals surface area contributed by atoms with Crippen LogP contribution >= 0.6 is 11.3 Å². The third-order valence-corrected chi connectivity index (χ3v) is 3.26. The van der Waals surface area contributed by atoms with Crippen molar-refractivity contribution < 1.29 is 14.3 Å². The molecule has 1 aromatic rings. The van der Waals surface area contributed by atoms with E-state index in [0.717, 1.165) is 10.4 Å². The van der Waals surface area contributed by atoms with Crippen LogP contribution < -0.4 is 0 Å². The van der Waals surface area contributed by atoms with Crippen LogP contribution in [-0.4, -0.2) is 18.4 Å². The molecule has 0 spiro atoms. The van der Waals surface area contributed by atoms with Crippen molar-refractivity contribution in [2.75, 3.05) is 6.61 Å². The van der Waals surface area contributed by atoms with Gasteiger partial charge in [0.2, 0.25) is 0 Å². The standard InChI is InChI=1S/C12H16O3S/c1-3-15-11(14)6-4-5-10(13)12-9(2)7-8-16-12/h7-8H,3-6H2,1-2H3. The minimum absolute atomic E-state index is 0.122. The van der Waals surface area contributed by atoms with Crippen LogP contribution in [0, 0.1) is 6.92 Å². The molecule has 1 aromatic heterocycles. The molecule has 1 heterocycles. The van der Waals surface area contributed by atoms with Crippen LogP contribution in [0.1, 0.15) is 41.4 Å². The molecule has 0 fully saturated rings. The van der Waals surface area contributed by atoms with E-state index in [0.29, 0.717) is 25.9 Å². The molecular weight excluding hydrogens is 224 g/mol. The normalized spacial score (nSPS) is 10.1. The molecule has 0 aliphatic rings.